The lowest BCUT2D eigenvalue weighted by atomic mass is 10.2. The van der Waals surface area contributed by atoms with E-state index in [-0.39, 0.29) is 24.9 Å². The van der Waals surface area contributed by atoms with Crippen LogP contribution in [0.15, 0.2) is 53.3 Å². The number of carbonyl (C=O) groups is 1. The summed E-state index contributed by atoms with van der Waals surface area (Å²) in [6.45, 7) is 0.279. The Labute approximate surface area is 191 Å². The summed E-state index contributed by atoms with van der Waals surface area (Å²) in [4.78, 5) is 30.1. The van der Waals surface area contributed by atoms with Gasteiger partial charge in [0.1, 0.15) is 17.4 Å². The number of benzene rings is 2. The number of hydrogen-bond acceptors (Lipinski definition) is 8. The summed E-state index contributed by atoms with van der Waals surface area (Å²) in [6, 6.07) is 13.5. The second kappa shape index (κ2) is 7.89. The SMILES string of the molecule is O=C(Nc1cccc(OCc2cc(=O)n3nc(C4CC4)sc3n2)c1)c1ccc2c(c1)OCO2. The maximum Gasteiger partial charge on any atom is 0.275 e. The number of hydrogen-bond donors (Lipinski definition) is 1. The first-order chi connectivity index (χ1) is 16.1. The van der Waals surface area contributed by atoms with Crippen molar-refractivity contribution < 1.29 is 19.0 Å². The largest absolute Gasteiger partial charge is 0.487 e. The molecule has 0 saturated heterocycles. The second-order valence-corrected chi connectivity index (χ2v) is 8.82. The van der Waals surface area contributed by atoms with Crippen LogP contribution in [0.2, 0.25) is 0 Å². The van der Waals surface area contributed by atoms with Gasteiger partial charge in [0.15, 0.2) is 11.5 Å². The van der Waals surface area contributed by atoms with Gasteiger partial charge in [-0.2, -0.15) is 9.61 Å². The van der Waals surface area contributed by atoms with Crippen LogP contribution in [0, 0.1) is 0 Å². The lowest BCUT2D eigenvalue weighted by molar-refractivity contribution is 0.102. The third-order valence-electron chi connectivity index (χ3n) is 5.35. The van der Waals surface area contributed by atoms with E-state index in [1.54, 1.807) is 42.5 Å². The van der Waals surface area contributed by atoms with Crippen LogP contribution in [0.5, 0.6) is 17.2 Å². The number of fused-ring (bicyclic) bond motifs is 2. The minimum absolute atomic E-state index is 0.127. The maximum atomic E-state index is 12.6. The van der Waals surface area contributed by atoms with Gasteiger partial charge in [-0.3, -0.25) is 9.59 Å². The van der Waals surface area contributed by atoms with Crippen LogP contribution < -0.4 is 25.1 Å². The molecule has 9 nitrogen and oxygen atoms in total. The number of ether oxygens (including phenoxy) is 3. The standard InChI is InChI=1S/C23H18N4O5S/c28-20-10-16(25-23-27(20)26-22(33-23)13-4-5-13)11-30-17-3-1-2-15(9-17)24-21(29)14-6-7-18-19(8-14)32-12-31-18/h1-3,6-10,13H,4-5,11-12H2,(H,24,29). The summed E-state index contributed by atoms with van der Waals surface area (Å²) in [5.41, 5.74) is 1.35. The van der Waals surface area contributed by atoms with E-state index in [0.29, 0.717) is 45.1 Å². The molecule has 0 spiro atoms. The zero-order chi connectivity index (χ0) is 22.4. The molecule has 10 heteroatoms. The highest BCUT2D eigenvalue weighted by atomic mass is 32.1. The van der Waals surface area contributed by atoms with Gasteiger partial charge in [-0.25, -0.2) is 4.98 Å². The number of nitrogens with zero attached hydrogens (tertiary/aromatic N) is 3. The van der Waals surface area contributed by atoms with Crippen LogP contribution in [-0.4, -0.2) is 27.3 Å². The zero-order valence-electron chi connectivity index (χ0n) is 17.3. The topological polar surface area (TPSA) is 104 Å². The maximum absolute atomic E-state index is 12.6. The van der Waals surface area contributed by atoms with E-state index < -0.39 is 0 Å². The summed E-state index contributed by atoms with van der Waals surface area (Å²) in [5, 5.41) is 8.19. The Morgan fingerprint density at radius 2 is 2.03 bits per heavy atom. The Balaban J connectivity index is 1.14. The van der Waals surface area contributed by atoms with E-state index in [4.69, 9.17) is 14.2 Å². The predicted molar refractivity (Wildman–Crippen MR) is 120 cm³/mol. The monoisotopic (exact) mass is 462 g/mol. The van der Waals surface area contributed by atoms with Crippen molar-refractivity contribution in [3.05, 3.63) is 75.1 Å². The van der Waals surface area contributed by atoms with Crippen molar-refractivity contribution >= 4 is 27.9 Å². The first-order valence-electron chi connectivity index (χ1n) is 10.5. The number of rotatable bonds is 6. The molecular formula is C23H18N4O5S. The molecule has 166 valence electrons. The van der Waals surface area contributed by atoms with Crippen molar-refractivity contribution in [2.45, 2.75) is 25.4 Å². The number of carbonyl (C=O) groups excluding carboxylic acids is 1. The van der Waals surface area contributed by atoms with E-state index in [1.165, 1.54) is 21.9 Å². The van der Waals surface area contributed by atoms with Gasteiger partial charge in [0.25, 0.3) is 11.5 Å². The molecule has 33 heavy (non-hydrogen) atoms. The van der Waals surface area contributed by atoms with E-state index >= 15 is 0 Å². The molecule has 0 bridgehead atoms. The highest BCUT2D eigenvalue weighted by molar-refractivity contribution is 7.16. The average Bonchev–Trinajstić information content (AvgIpc) is 3.40. The van der Waals surface area contributed by atoms with Gasteiger partial charge in [-0.1, -0.05) is 17.4 Å². The van der Waals surface area contributed by atoms with Gasteiger partial charge in [0.05, 0.1) is 5.69 Å². The molecule has 4 aromatic rings. The fourth-order valence-electron chi connectivity index (χ4n) is 3.50. The van der Waals surface area contributed by atoms with Gasteiger partial charge < -0.3 is 19.5 Å². The van der Waals surface area contributed by atoms with Crippen molar-refractivity contribution in [2.24, 2.45) is 0 Å². The summed E-state index contributed by atoms with van der Waals surface area (Å²) >= 11 is 1.45. The molecule has 1 fully saturated rings. The first kappa shape index (κ1) is 19.7. The molecule has 1 aliphatic carbocycles. The Bertz CT molecular complexity index is 1440. The number of amides is 1. The molecule has 3 heterocycles. The normalized spacial score (nSPS) is 14.4. The van der Waals surface area contributed by atoms with E-state index in [9.17, 15) is 9.59 Å². The van der Waals surface area contributed by atoms with Gasteiger partial charge in [0, 0.05) is 29.3 Å². The summed E-state index contributed by atoms with van der Waals surface area (Å²) in [7, 11) is 0. The van der Waals surface area contributed by atoms with Crippen LogP contribution in [0.1, 0.15) is 39.8 Å². The minimum atomic E-state index is -0.276. The molecule has 1 amide bonds. The third kappa shape index (κ3) is 4.00. The molecule has 2 aliphatic rings. The molecule has 1 N–H and O–H groups in total. The minimum Gasteiger partial charge on any atom is -0.487 e. The van der Waals surface area contributed by atoms with Crippen molar-refractivity contribution in [3.63, 3.8) is 0 Å². The number of anilines is 1. The molecule has 1 saturated carbocycles. The van der Waals surface area contributed by atoms with Crippen LogP contribution in [0.25, 0.3) is 4.96 Å². The van der Waals surface area contributed by atoms with Crippen LogP contribution in [0.3, 0.4) is 0 Å². The molecule has 0 atom stereocenters. The van der Waals surface area contributed by atoms with Crippen LogP contribution in [0.4, 0.5) is 5.69 Å². The average molecular weight is 462 g/mol. The Kier molecular flexibility index (Phi) is 4.72. The Morgan fingerprint density at radius 1 is 1.15 bits per heavy atom. The van der Waals surface area contributed by atoms with Crippen molar-refractivity contribution in [2.75, 3.05) is 12.1 Å². The Hall–Kier alpha value is -3.92. The van der Waals surface area contributed by atoms with Crippen LogP contribution >= 0.6 is 11.3 Å². The summed E-state index contributed by atoms with van der Waals surface area (Å²) < 4.78 is 17.8. The van der Waals surface area contributed by atoms with E-state index in [2.05, 4.69) is 15.4 Å². The van der Waals surface area contributed by atoms with Gasteiger partial charge >= 0.3 is 0 Å². The summed E-state index contributed by atoms with van der Waals surface area (Å²) in [5.74, 6) is 1.90. The lowest BCUT2D eigenvalue weighted by Crippen LogP contribution is -2.16. The van der Waals surface area contributed by atoms with Gasteiger partial charge in [0.2, 0.25) is 11.8 Å². The van der Waals surface area contributed by atoms with Crippen molar-refractivity contribution in [1.29, 1.82) is 0 Å². The zero-order valence-corrected chi connectivity index (χ0v) is 18.1. The second-order valence-electron chi connectivity index (χ2n) is 7.83. The lowest BCUT2D eigenvalue weighted by Gasteiger charge is -2.09. The van der Waals surface area contributed by atoms with Crippen molar-refractivity contribution in [3.8, 4) is 17.2 Å². The summed E-state index contributed by atoms with van der Waals surface area (Å²) in [6.07, 6.45) is 2.23. The van der Waals surface area contributed by atoms with Gasteiger partial charge in [-0.15, -0.1) is 0 Å². The van der Waals surface area contributed by atoms with Crippen molar-refractivity contribution in [1.82, 2.24) is 14.6 Å². The van der Waals surface area contributed by atoms with E-state index in [1.807, 2.05) is 0 Å². The molecule has 2 aromatic carbocycles. The predicted octanol–water partition coefficient (Wildman–Crippen LogP) is 3.59. The Morgan fingerprint density at radius 3 is 2.91 bits per heavy atom. The van der Waals surface area contributed by atoms with Crippen LogP contribution in [-0.2, 0) is 6.61 Å². The highest BCUT2D eigenvalue weighted by Gasteiger charge is 2.28. The third-order valence-corrected chi connectivity index (χ3v) is 6.42. The first-order valence-corrected chi connectivity index (χ1v) is 11.3. The molecule has 1 aliphatic heterocycles. The molecule has 0 unspecified atom stereocenters. The number of aromatic nitrogens is 3. The number of nitrogens with one attached hydrogen (secondary N) is 1. The molecule has 0 radical (unpaired) electrons. The van der Waals surface area contributed by atoms with E-state index in [0.717, 1.165) is 17.8 Å². The van der Waals surface area contributed by atoms with Gasteiger partial charge in [-0.05, 0) is 43.2 Å². The molecular weight excluding hydrogens is 444 g/mol. The molecule has 2 aromatic heterocycles. The fourth-order valence-corrected chi connectivity index (χ4v) is 4.59. The fraction of sp³-hybridized carbons (Fsp3) is 0.217. The smallest absolute Gasteiger partial charge is 0.275 e. The highest BCUT2D eigenvalue weighted by Crippen LogP contribution is 2.41. The molecule has 6 rings (SSSR count). The quantitative estimate of drug-likeness (QED) is 0.467.